The molecule has 0 aliphatic carbocycles. The van der Waals surface area contributed by atoms with Crippen molar-refractivity contribution in [2.45, 2.75) is 33.7 Å². The molecule has 5 heteroatoms. The van der Waals surface area contributed by atoms with Gasteiger partial charge in [-0.25, -0.2) is 4.79 Å². The van der Waals surface area contributed by atoms with Gasteiger partial charge < -0.3 is 16.0 Å². The summed E-state index contributed by atoms with van der Waals surface area (Å²) in [5.74, 6) is 0.196. The van der Waals surface area contributed by atoms with Crippen LogP contribution in [0.15, 0.2) is 18.2 Å². The summed E-state index contributed by atoms with van der Waals surface area (Å²) in [6, 6.07) is 5.08. The molecule has 0 radical (unpaired) electrons. The maximum absolute atomic E-state index is 11.9. The van der Waals surface area contributed by atoms with Gasteiger partial charge >= 0.3 is 6.03 Å². The van der Waals surface area contributed by atoms with Crippen LogP contribution < -0.4 is 16.0 Å². The molecule has 3 amide bonds. The zero-order valence-electron chi connectivity index (χ0n) is 12.7. The smallest absolute Gasteiger partial charge is 0.319 e. The van der Waals surface area contributed by atoms with E-state index in [2.05, 4.69) is 16.0 Å². The molecule has 20 heavy (non-hydrogen) atoms. The number of anilines is 1. The summed E-state index contributed by atoms with van der Waals surface area (Å²) in [7, 11) is 1.58. The molecule has 0 aliphatic heterocycles. The van der Waals surface area contributed by atoms with Gasteiger partial charge in [-0.3, -0.25) is 4.79 Å². The van der Waals surface area contributed by atoms with Crippen molar-refractivity contribution in [1.29, 1.82) is 0 Å². The van der Waals surface area contributed by atoms with Crippen LogP contribution in [-0.2, 0) is 0 Å². The lowest BCUT2D eigenvalue weighted by Gasteiger charge is -2.19. The van der Waals surface area contributed by atoms with E-state index in [-0.39, 0.29) is 18.0 Å². The third-order valence-electron chi connectivity index (χ3n) is 3.41. The van der Waals surface area contributed by atoms with E-state index in [0.717, 1.165) is 5.56 Å². The quantitative estimate of drug-likeness (QED) is 0.791. The molecule has 0 heterocycles. The Hall–Kier alpha value is -2.04. The number of urea groups is 1. The van der Waals surface area contributed by atoms with Crippen LogP contribution in [0.2, 0.25) is 0 Å². The highest BCUT2D eigenvalue weighted by molar-refractivity contribution is 5.98. The summed E-state index contributed by atoms with van der Waals surface area (Å²) in [4.78, 5) is 23.6. The largest absolute Gasteiger partial charge is 0.355 e. The SMILES string of the molecule is CNC(=O)c1cccc(NC(=O)N[C@H](C)C(C)C)c1C. The molecule has 1 aromatic rings. The van der Waals surface area contributed by atoms with E-state index in [0.29, 0.717) is 17.2 Å². The van der Waals surface area contributed by atoms with Crippen LogP contribution in [0, 0.1) is 12.8 Å². The van der Waals surface area contributed by atoms with Gasteiger partial charge in [-0.15, -0.1) is 0 Å². The van der Waals surface area contributed by atoms with Gasteiger partial charge in [-0.1, -0.05) is 19.9 Å². The van der Waals surface area contributed by atoms with Crippen LogP contribution in [0.4, 0.5) is 10.5 Å². The van der Waals surface area contributed by atoms with Crippen molar-refractivity contribution in [3.63, 3.8) is 0 Å². The fourth-order valence-electron chi connectivity index (χ4n) is 1.68. The number of carbonyl (C=O) groups excluding carboxylic acids is 2. The van der Waals surface area contributed by atoms with E-state index >= 15 is 0 Å². The van der Waals surface area contributed by atoms with E-state index < -0.39 is 0 Å². The van der Waals surface area contributed by atoms with Gasteiger partial charge in [-0.05, 0) is 37.5 Å². The van der Waals surface area contributed by atoms with E-state index in [1.54, 1.807) is 25.2 Å². The van der Waals surface area contributed by atoms with Gasteiger partial charge in [0.25, 0.3) is 5.91 Å². The van der Waals surface area contributed by atoms with Crippen LogP contribution in [0.25, 0.3) is 0 Å². The van der Waals surface area contributed by atoms with Gasteiger partial charge in [0.05, 0.1) is 0 Å². The maximum atomic E-state index is 11.9. The third kappa shape index (κ3) is 3.98. The molecule has 0 bridgehead atoms. The van der Waals surface area contributed by atoms with Crippen molar-refractivity contribution in [2.75, 3.05) is 12.4 Å². The molecule has 0 aromatic heterocycles. The number of benzene rings is 1. The third-order valence-corrected chi connectivity index (χ3v) is 3.41. The maximum Gasteiger partial charge on any atom is 0.319 e. The van der Waals surface area contributed by atoms with E-state index in [1.807, 2.05) is 27.7 Å². The fraction of sp³-hybridized carbons (Fsp3) is 0.467. The highest BCUT2D eigenvalue weighted by Crippen LogP contribution is 2.18. The van der Waals surface area contributed by atoms with E-state index in [1.165, 1.54) is 0 Å². The first-order chi connectivity index (χ1) is 9.36. The number of amides is 3. The molecule has 1 aromatic carbocycles. The molecule has 0 aliphatic rings. The van der Waals surface area contributed by atoms with Crippen LogP contribution in [0.5, 0.6) is 0 Å². The molecule has 110 valence electrons. The van der Waals surface area contributed by atoms with Crippen molar-refractivity contribution >= 4 is 17.6 Å². The minimum Gasteiger partial charge on any atom is -0.355 e. The molecule has 0 saturated heterocycles. The summed E-state index contributed by atoms with van der Waals surface area (Å²) in [5.41, 5.74) is 1.95. The first-order valence-electron chi connectivity index (χ1n) is 6.76. The van der Waals surface area contributed by atoms with Gasteiger partial charge in [0.2, 0.25) is 0 Å². The standard InChI is InChI=1S/C15H23N3O2/c1-9(2)11(4)17-15(20)18-13-8-6-7-12(10(13)3)14(19)16-5/h6-9,11H,1-5H3,(H,16,19)(H2,17,18,20)/t11-/m1/s1. The number of hydrogen-bond acceptors (Lipinski definition) is 2. The minimum absolute atomic E-state index is 0.0810. The molecule has 3 N–H and O–H groups in total. The van der Waals surface area contributed by atoms with Crippen molar-refractivity contribution in [3.05, 3.63) is 29.3 Å². The molecular formula is C15H23N3O2. The summed E-state index contributed by atoms with van der Waals surface area (Å²) in [6.45, 7) is 7.86. The van der Waals surface area contributed by atoms with E-state index in [9.17, 15) is 9.59 Å². The Balaban J connectivity index is 2.83. The van der Waals surface area contributed by atoms with Gasteiger partial charge in [-0.2, -0.15) is 0 Å². The Bertz CT molecular complexity index is 498. The van der Waals surface area contributed by atoms with Gasteiger partial charge in [0.1, 0.15) is 0 Å². The average molecular weight is 277 g/mol. The Morgan fingerprint density at radius 1 is 1.15 bits per heavy atom. The van der Waals surface area contributed by atoms with Crippen molar-refractivity contribution in [1.82, 2.24) is 10.6 Å². The molecule has 1 atom stereocenters. The number of hydrogen-bond donors (Lipinski definition) is 3. The van der Waals surface area contributed by atoms with Crippen LogP contribution >= 0.6 is 0 Å². The second-order valence-corrected chi connectivity index (χ2v) is 5.19. The number of carbonyl (C=O) groups is 2. The lowest BCUT2D eigenvalue weighted by molar-refractivity contribution is 0.0962. The fourth-order valence-corrected chi connectivity index (χ4v) is 1.68. The second kappa shape index (κ2) is 6.93. The van der Waals surface area contributed by atoms with Crippen LogP contribution in [0.1, 0.15) is 36.7 Å². The summed E-state index contributed by atoms with van der Waals surface area (Å²) >= 11 is 0. The van der Waals surface area contributed by atoms with E-state index in [4.69, 9.17) is 0 Å². The molecule has 5 nitrogen and oxygen atoms in total. The number of nitrogens with one attached hydrogen (secondary N) is 3. The van der Waals surface area contributed by atoms with Crippen molar-refractivity contribution in [3.8, 4) is 0 Å². The van der Waals surface area contributed by atoms with Crippen LogP contribution in [-0.4, -0.2) is 25.0 Å². The van der Waals surface area contributed by atoms with Crippen molar-refractivity contribution in [2.24, 2.45) is 5.92 Å². The Morgan fingerprint density at radius 2 is 1.80 bits per heavy atom. The molecule has 1 rings (SSSR count). The molecular weight excluding hydrogens is 254 g/mol. The van der Waals surface area contributed by atoms with Crippen LogP contribution in [0.3, 0.4) is 0 Å². The number of rotatable bonds is 4. The molecule has 0 fully saturated rings. The first kappa shape index (κ1) is 16.0. The summed E-state index contributed by atoms with van der Waals surface area (Å²) in [6.07, 6.45) is 0. The average Bonchev–Trinajstić information content (AvgIpc) is 2.40. The van der Waals surface area contributed by atoms with Gasteiger partial charge in [0, 0.05) is 24.3 Å². The first-order valence-corrected chi connectivity index (χ1v) is 6.76. The minimum atomic E-state index is -0.261. The predicted molar refractivity (Wildman–Crippen MR) is 81.0 cm³/mol. The summed E-state index contributed by atoms with van der Waals surface area (Å²) < 4.78 is 0. The monoisotopic (exact) mass is 277 g/mol. The van der Waals surface area contributed by atoms with Gasteiger partial charge in [0.15, 0.2) is 0 Å². The Kier molecular flexibility index (Phi) is 5.55. The topological polar surface area (TPSA) is 70.2 Å². The summed E-state index contributed by atoms with van der Waals surface area (Å²) in [5, 5.41) is 8.23. The second-order valence-electron chi connectivity index (χ2n) is 5.19. The molecule has 0 unspecified atom stereocenters. The molecule has 0 saturated carbocycles. The highest BCUT2D eigenvalue weighted by Gasteiger charge is 2.14. The highest BCUT2D eigenvalue weighted by atomic mass is 16.2. The molecule has 0 spiro atoms. The lowest BCUT2D eigenvalue weighted by atomic mass is 10.1. The Labute approximate surface area is 120 Å². The lowest BCUT2D eigenvalue weighted by Crippen LogP contribution is -2.39. The zero-order chi connectivity index (χ0) is 15.3. The zero-order valence-corrected chi connectivity index (χ0v) is 12.7. The van der Waals surface area contributed by atoms with Crippen molar-refractivity contribution < 1.29 is 9.59 Å². The normalized spacial score (nSPS) is 11.9. The Morgan fingerprint density at radius 3 is 2.35 bits per heavy atom. The predicted octanol–water partition coefficient (Wildman–Crippen LogP) is 2.52.